The number of halogens is 4. The molecule has 1 heterocycles. The van der Waals surface area contributed by atoms with Gasteiger partial charge in [0.25, 0.3) is 0 Å². The van der Waals surface area contributed by atoms with Gasteiger partial charge in [-0.1, -0.05) is 6.07 Å². The monoisotopic (exact) mass is 291 g/mol. The molecule has 1 fully saturated rings. The molecule has 0 aliphatic carbocycles. The number of rotatable bonds is 3. The lowest BCUT2D eigenvalue weighted by Crippen LogP contribution is -2.48. The van der Waals surface area contributed by atoms with Crippen molar-refractivity contribution in [2.24, 2.45) is 5.92 Å². The van der Waals surface area contributed by atoms with E-state index in [1.165, 1.54) is 19.2 Å². The van der Waals surface area contributed by atoms with Gasteiger partial charge in [-0.2, -0.15) is 13.2 Å². The van der Waals surface area contributed by atoms with Crippen molar-refractivity contribution in [1.82, 2.24) is 5.32 Å². The second-order valence-electron chi connectivity index (χ2n) is 5.02. The smallest absolute Gasteiger partial charge is 0.393 e. The van der Waals surface area contributed by atoms with Crippen LogP contribution in [0.4, 0.5) is 17.6 Å². The van der Waals surface area contributed by atoms with E-state index in [1.54, 1.807) is 6.07 Å². The quantitative estimate of drug-likeness (QED) is 0.863. The Morgan fingerprint density at radius 2 is 2.10 bits per heavy atom. The summed E-state index contributed by atoms with van der Waals surface area (Å²) in [7, 11) is 1.35. The summed E-state index contributed by atoms with van der Waals surface area (Å²) in [5.74, 6) is -1.83. The number of piperidine rings is 1. The minimum absolute atomic E-state index is 0.0951. The second-order valence-corrected chi connectivity index (χ2v) is 5.02. The average molecular weight is 291 g/mol. The highest BCUT2D eigenvalue weighted by molar-refractivity contribution is 5.29. The molecule has 0 bridgehead atoms. The number of benzene rings is 1. The summed E-state index contributed by atoms with van der Waals surface area (Å²) in [4.78, 5) is 0. The zero-order valence-electron chi connectivity index (χ0n) is 11.1. The first kappa shape index (κ1) is 15.1. The maximum atomic E-state index is 13.6. The summed E-state index contributed by atoms with van der Waals surface area (Å²) in [6.07, 6.45) is -3.42. The molecule has 1 aromatic carbocycles. The molecule has 0 radical (unpaired) electrons. The largest absolute Gasteiger partial charge is 0.494 e. The lowest BCUT2D eigenvalue weighted by molar-refractivity contribution is -0.188. The highest BCUT2D eigenvalue weighted by Crippen LogP contribution is 2.35. The zero-order valence-corrected chi connectivity index (χ0v) is 11.1. The Morgan fingerprint density at radius 1 is 1.35 bits per heavy atom. The van der Waals surface area contributed by atoms with Crippen LogP contribution in [0.25, 0.3) is 0 Å². The molecule has 1 saturated heterocycles. The molecule has 2 nitrogen and oxygen atoms in total. The maximum Gasteiger partial charge on any atom is 0.393 e. The summed E-state index contributed by atoms with van der Waals surface area (Å²) >= 11 is 0. The molecular formula is C14H17F4NO. The van der Waals surface area contributed by atoms with Crippen LogP contribution in [-0.2, 0) is 6.42 Å². The van der Waals surface area contributed by atoms with Crippen molar-refractivity contribution in [2.45, 2.75) is 31.5 Å². The van der Waals surface area contributed by atoms with Gasteiger partial charge in [0.1, 0.15) is 0 Å². The first-order valence-corrected chi connectivity index (χ1v) is 6.54. The normalized spacial score (nSPS) is 23.6. The van der Waals surface area contributed by atoms with Crippen LogP contribution in [0.15, 0.2) is 18.2 Å². The molecule has 1 N–H and O–H groups in total. The average Bonchev–Trinajstić information content (AvgIpc) is 2.38. The van der Waals surface area contributed by atoms with Crippen LogP contribution in [0.3, 0.4) is 0 Å². The van der Waals surface area contributed by atoms with Gasteiger partial charge in [0.05, 0.1) is 13.0 Å². The fourth-order valence-electron chi connectivity index (χ4n) is 2.65. The van der Waals surface area contributed by atoms with Crippen molar-refractivity contribution in [3.8, 4) is 5.75 Å². The van der Waals surface area contributed by atoms with Gasteiger partial charge in [-0.05, 0) is 43.5 Å². The third-order valence-electron chi connectivity index (χ3n) is 3.68. The van der Waals surface area contributed by atoms with E-state index >= 15 is 0 Å². The maximum absolute atomic E-state index is 13.6. The summed E-state index contributed by atoms with van der Waals surface area (Å²) in [5, 5.41) is 2.90. The van der Waals surface area contributed by atoms with Gasteiger partial charge in [0.15, 0.2) is 11.6 Å². The van der Waals surface area contributed by atoms with Crippen molar-refractivity contribution >= 4 is 0 Å². The molecule has 1 aromatic rings. The van der Waals surface area contributed by atoms with Crippen LogP contribution in [0.2, 0.25) is 0 Å². The van der Waals surface area contributed by atoms with Gasteiger partial charge >= 0.3 is 6.18 Å². The van der Waals surface area contributed by atoms with Crippen LogP contribution in [0.1, 0.15) is 18.4 Å². The minimum Gasteiger partial charge on any atom is -0.494 e. The van der Waals surface area contributed by atoms with E-state index < -0.39 is 24.0 Å². The molecule has 20 heavy (non-hydrogen) atoms. The van der Waals surface area contributed by atoms with E-state index in [0.717, 1.165) is 0 Å². The summed E-state index contributed by atoms with van der Waals surface area (Å²) in [5.41, 5.74) is 0.539. The van der Waals surface area contributed by atoms with E-state index in [2.05, 4.69) is 5.32 Å². The molecule has 0 amide bonds. The van der Waals surface area contributed by atoms with Gasteiger partial charge in [-0.3, -0.25) is 0 Å². The predicted octanol–water partition coefficient (Wildman–Crippen LogP) is 3.31. The second kappa shape index (κ2) is 5.99. The third kappa shape index (κ3) is 3.42. The third-order valence-corrected chi connectivity index (χ3v) is 3.68. The molecule has 1 aliphatic heterocycles. The van der Waals surface area contributed by atoms with Crippen molar-refractivity contribution in [1.29, 1.82) is 0 Å². The summed E-state index contributed by atoms with van der Waals surface area (Å²) < 4.78 is 57.2. The van der Waals surface area contributed by atoms with Crippen molar-refractivity contribution in [3.05, 3.63) is 29.6 Å². The van der Waals surface area contributed by atoms with E-state index in [0.29, 0.717) is 18.5 Å². The zero-order chi connectivity index (χ0) is 14.8. The Kier molecular flexibility index (Phi) is 4.52. The van der Waals surface area contributed by atoms with Gasteiger partial charge in [-0.25, -0.2) is 4.39 Å². The van der Waals surface area contributed by atoms with E-state index in [1.807, 2.05) is 0 Å². The van der Waals surface area contributed by atoms with Gasteiger partial charge in [-0.15, -0.1) is 0 Å². The van der Waals surface area contributed by atoms with Crippen molar-refractivity contribution < 1.29 is 22.3 Å². The van der Waals surface area contributed by atoms with Crippen LogP contribution in [-0.4, -0.2) is 25.9 Å². The summed E-state index contributed by atoms with van der Waals surface area (Å²) in [6.45, 7) is 0.565. The Hall–Kier alpha value is -1.30. The molecule has 1 aliphatic rings. The minimum atomic E-state index is -4.22. The van der Waals surface area contributed by atoms with Crippen LogP contribution >= 0.6 is 0 Å². The SMILES string of the molecule is COc1ccc(CC2NCCCC2C(F)(F)F)cc1F. The first-order chi connectivity index (χ1) is 9.41. The van der Waals surface area contributed by atoms with Crippen LogP contribution < -0.4 is 10.1 Å². The Bertz CT molecular complexity index is 461. The Morgan fingerprint density at radius 3 is 2.70 bits per heavy atom. The Labute approximate surface area is 115 Å². The molecule has 6 heteroatoms. The molecule has 2 atom stereocenters. The number of hydrogen-bond acceptors (Lipinski definition) is 2. The van der Waals surface area contributed by atoms with Crippen LogP contribution in [0.5, 0.6) is 5.75 Å². The number of ether oxygens (including phenoxy) is 1. The van der Waals surface area contributed by atoms with Crippen molar-refractivity contribution in [2.75, 3.05) is 13.7 Å². The number of hydrogen-bond donors (Lipinski definition) is 1. The molecule has 0 aromatic heterocycles. The highest BCUT2D eigenvalue weighted by Gasteiger charge is 2.45. The molecular weight excluding hydrogens is 274 g/mol. The lowest BCUT2D eigenvalue weighted by Gasteiger charge is -2.34. The van der Waals surface area contributed by atoms with E-state index in [9.17, 15) is 17.6 Å². The van der Waals surface area contributed by atoms with Crippen LogP contribution in [0, 0.1) is 11.7 Å². The number of nitrogens with one attached hydrogen (secondary N) is 1. The number of alkyl halides is 3. The van der Waals surface area contributed by atoms with Gasteiger partial charge in [0, 0.05) is 6.04 Å². The Balaban J connectivity index is 2.12. The van der Waals surface area contributed by atoms with E-state index in [4.69, 9.17) is 4.74 Å². The first-order valence-electron chi connectivity index (χ1n) is 6.54. The lowest BCUT2D eigenvalue weighted by atomic mass is 9.86. The topological polar surface area (TPSA) is 21.3 Å². The fourth-order valence-corrected chi connectivity index (χ4v) is 2.65. The van der Waals surface area contributed by atoms with Crippen molar-refractivity contribution in [3.63, 3.8) is 0 Å². The predicted molar refractivity (Wildman–Crippen MR) is 67.2 cm³/mol. The molecule has 2 unspecified atom stereocenters. The number of methoxy groups -OCH3 is 1. The molecule has 0 spiro atoms. The standard InChI is InChI=1S/C14H17F4NO/c1-20-13-5-4-9(7-11(13)15)8-12-10(14(16,17)18)3-2-6-19-12/h4-5,7,10,12,19H,2-3,6,8H2,1H3. The highest BCUT2D eigenvalue weighted by atomic mass is 19.4. The molecule has 112 valence electrons. The fraction of sp³-hybridized carbons (Fsp3) is 0.571. The summed E-state index contributed by atoms with van der Waals surface area (Å²) in [6, 6.07) is 3.58. The molecule has 0 saturated carbocycles. The van der Waals surface area contributed by atoms with E-state index in [-0.39, 0.29) is 18.6 Å². The van der Waals surface area contributed by atoms with Gasteiger partial charge in [0.2, 0.25) is 0 Å². The molecule has 2 rings (SSSR count). The van der Waals surface area contributed by atoms with Gasteiger partial charge < -0.3 is 10.1 Å².